The molecule has 0 saturated carbocycles. The van der Waals surface area contributed by atoms with Crippen LogP contribution >= 0.6 is 11.8 Å². The minimum atomic E-state index is -0.728. The maximum atomic E-state index is 13.0. The number of amidine groups is 1. The van der Waals surface area contributed by atoms with Crippen LogP contribution < -0.4 is 9.47 Å². The Morgan fingerprint density at radius 1 is 1.26 bits per heavy atom. The van der Waals surface area contributed by atoms with Crippen LogP contribution in [0.15, 0.2) is 34.5 Å². The molecular weight excluding hydrogens is 420 g/mol. The molecular formula is C22H26N2O6S. The van der Waals surface area contributed by atoms with Crippen LogP contribution in [-0.4, -0.2) is 45.9 Å². The van der Waals surface area contributed by atoms with Gasteiger partial charge in [0, 0.05) is 6.92 Å². The van der Waals surface area contributed by atoms with E-state index in [9.17, 15) is 14.4 Å². The molecule has 9 heteroatoms. The van der Waals surface area contributed by atoms with E-state index in [2.05, 4.69) is 4.99 Å². The molecule has 2 heterocycles. The zero-order valence-electron chi connectivity index (χ0n) is 18.4. The van der Waals surface area contributed by atoms with Gasteiger partial charge in [0.15, 0.2) is 16.7 Å². The van der Waals surface area contributed by atoms with E-state index in [0.717, 1.165) is 0 Å². The Kier molecular flexibility index (Phi) is 6.74. The van der Waals surface area contributed by atoms with Crippen molar-refractivity contribution in [2.45, 2.75) is 58.9 Å². The van der Waals surface area contributed by atoms with Crippen LogP contribution in [0.5, 0.6) is 11.5 Å². The van der Waals surface area contributed by atoms with Crippen LogP contribution in [0.3, 0.4) is 0 Å². The maximum Gasteiger partial charge on any atom is 0.338 e. The van der Waals surface area contributed by atoms with E-state index in [4.69, 9.17) is 14.2 Å². The molecule has 2 aliphatic rings. The summed E-state index contributed by atoms with van der Waals surface area (Å²) in [6.45, 7) is 10.5. The Labute approximate surface area is 185 Å². The van der Waals surface area contributed by atoms with E-state index in [1.165, 1.54) is 23.6 Å². The van der Waals surface area contributed by atoms with E-state index in [0.29, 0.717) is 34.4 Å². The van der Waals surface area contributed by atoms with Gasteiger partial charge in [0.25, 0.3) is 0 Å². The number of carbonyl (C=O) groups excluding carboxylic acids is 3. The van der Waals surface area contributed by atoms with Gasteiger partial charge in [-0.15, -0.1) is 0 Å². The lowest BCUT2D eigenvalue weighted by atomic mass is 9.94. The SMILES string of the molecule is CCOc1cc([C@H]2C(C(=O)OC(C)C)=C(C)N=C3S[C@@H](C)C(=O)N32)ccc1OC(C)=O. The predicted molar refractivity (Wildman–Crippen MR) is 117 cm³/mol. The third-order valence-corrected chi connectivity index (χ3v) is 5.71. The van der Waals surface area contributed by atoms with E-state index in [-0.39, 0.29) is 23.0 Å². The van der Waals surface area contributed by atoms with Crippen molar-refractivity contribution in [2.24, 2.45) is 4.99 Å². The fourth-order valence-corrected chi connectivity index (χ4v) is 4.49. The van der Waals surface area contributed by atoms with Gasteiger partial charge in [0.2, 0.25) is 5.91 Å². The molecule has 0 N–H and O–H groups in total. The summed E-state index contributed by atoms with van der Waals surface area (Å²) >= 11 is 1.35. The summed E-state index contributed by atoms with van der Waals surface area (Å²) in [4.78, 5) is 43.5. The minimum Gasteiger partial charge on any atom is -0.490 e. The van der Waals surface area contributed by atoms with Crippen LogP contribution in [0.1, 0.15) is 53.1 Å². The molecule has 0 unspecified atom stereocenters. The molecule has 1 amide bonds. The lowest BCUT2D eigenvalue weighted by Gasteiger charge is -2.33. The first kappa shape index (κ1) is 22.9. The third-order valence-electron chi connectivity index (χ3n) is 4.66. The van der Waals surface area contributed by atoms with Crippen molar-refractivity contribution in [3.05, 3.63) is 35.0 Å². The molecule has 2 aliphatic heterocycles. The summed E-state index contributed by atoms with van der Waals surface area (Å²) < 4.78 is 16.4. The summed E-state index contributed by atoms with van der Waals surface area (Å²) in [7, 11) is 0. The molecule has 0 radical (unpaired) electrons. The molecule has 0 spiro atoms. The smallest absolute Gasteiger partial charge is 0.338 e. The molecule has 31 heavy (non-hydrogen) atoms. The fourth-order valence-electron chi connectivity index (χ4n) is 3.46. The maximum absolute atomic E-state index is 13.0. The van der Waals surface area contributed by atoms with Gasteiger partial charge in [-0.2, -0.15) is 0 Å². The van der Waals surface area contributed by atoms with Gasteiger partial charge in [-0.3, -0.25) is 14.5 Å². The van der Waals surface area contributed by atoms with Crippen LogP contribution in [0.25, 0.3) is 0 Å². The van der Waals surface area contributed by atoms with Crippen molar-refractivity contribution in [3.8, 4) is 11.5 Å². The molecule has 0 aliphatic carbocycles. The van der Waals surface area contributed by atoms with Crippen LogP contribution in [-0.2, 0) is 19.1 Å². The molecule has 1 fully saturated rings. The number of esters is 2. The van der Waals surface area contributed by atoms with Crippen molar-refractivity contribution >= 4 is 34.8 Å². The second-order valence-corrected chi connectivity index (χ2v) is 8.76. The highest BCUT2D eigenvalue weighted by Crippen LogP contribution is 2.45. The molecule has 8 nitrogen and oxygen atoms in total. The summed E-state index contributed by atoms with van der Waals surface area (Å²) in [6, 6.07) is 4.27. The Balaban J connectivity index is 2.15. The molecule has 1 aromatic rings. The number of allylic oxidation sites excluding steroid dienone is 1. The van der Waals surface area contributed by atoms with Crippen LogP contribution in [0, 0.1) is 0 Å². The van der Waals surface area contributed by atoms with Gasteiger partial charge in [0.05, 0.1) is 35.3 Å². The summed E-state index contributed by atoms with van der Waals surface area (Å²) in [6.07, 6.45) is -0.327. The molecule has 166 valence electrons. The van der Waals surface area contributed by atoms with E-state index in [1.54, 1.807) is 39.0 Å². The first-order chi connectivity index (χ1) is 14.6. The second kappa shape index (κ2) is 9.13. The Morgan fingerprint density at radius 3 is 2.58 bits per heavy atom. The number of hydrogen-bond donors (Lipinski definition) is 0. The highest BCUT2D eigenvalue weighted by atomic mass is 32.2. The average Bonchev–Trinajstić information content (AvgIpc) is 2.94. The summed E-state index contributed by atoms with van der Waals surface area (Å²) in [5, 5.41) is 0.226. The van der Waals surface area contributed by atoms with Gasteiger partial charge in [-0.25, -0.2) is 9.79 Å². The number of fused-ring (bicyclic) bond motifs is 1. The molecule has 1 saturated heterocycles. The van der Waals surface area contributed by atoms with Gasteiger partial charge in [-0.1, -0.05) is 17.8 Å². The molecule has 0 bridgehead atoms. The third kappa shape index (κ3) is 4.61. The number of rotatable bonds is 6. The van der Waals surface area contributed by atoms with Crippen LogP contribution in [0.2, 0.25) is 0 Å². The topological polar surface area (TPSA) is 94.5 Å². The number of aliphatic imine (C=N–C) groups is 1. The number of carbonyl (C=O) groups is 3. The van der Waals surface area contributed by atoms with Gasteiger partial charge >= 0.3 is 11.9 Å². The predicted octanol–water partition coefficient (Wildman–Crippen LogP) is 3.61. The van der Waals surface area contributed by atoms with Crippen molar-refractivity contribution in [3.63, 3.8) is 0 Å². The lowest BCUT2D eigenvalue weighted by Crippen LogP contribution is -2.40. The number of thioether (sulfide) groups is 1. The zero-order valence-corrected chi connectivity index (χ0v) is 19.2. The van der Waals surface area contributed by atoms with Crippen LogP contribution in [0.4, 0.5) is 0 Å². The number of nitrogens with zero attached hydrogens (tertiary/aromatic N) is 2. The monoisotopic (exact) mass is 446 g/mol. The van der Waals surface area contributed by atoms with Crippen molar-refractivity contribution in [2.75, 3.05) is 6.61 Å². The summed E-state index contributed by atoms with van der Waals surface area (Å²) in [5.41, 5.74) is 1.42. The number of amides is 1. The Bertz CT molecular complexity index is 984. The molecule has 0 aromatic heterocycles. The largest absolute Gasteiger partial charge is 0.490 e. The molecule has 2 atom stereocenters. The number of benzene rings is 1. The van der Waals surface area contributed by atoms with Crippen molar-refractivity contribution < 1.29 is 28.6 Å². The highest BCUT2D eigenvalue weighted by molar-refractivity contribution is 8.15. The number of hydrogen-bond acceptors (Lipinski definition) is 8. The minimum absolute atomic E-state index is 0.141. The fraction of sp³-hybridized carbons (Fsp3) is 0.455. The Morgan fingerprint density at radius 2 is 1.97 bits per heavy atom. The lowest BCUT2D eigenvalue weighted by molar-refractivity contribution is -0.143. The van der Waals surface area contributed by atoms with E-state index < -0.39 is 18.0 Å². The number of ether oxygens (including phenoxy) is 3. The van der Waals surface area contributed by atoms with Crippen molar-refractivity contribution in [1.29, 1.82) is 0 Å². The molecule has 3 rings (SSSR count). The highest BCUT2D eigenvalue weighted by Gasteiger charge is 2.46. The normalized spacial score (nSPS) is 20.5. The standard InChI is InChI=1S/C22H26N2O6S/c1-7-28-17-10-15(8-9-16(17)30-14(6)25)19-18(21(27)29-11(2)3)12(4)23-22-24(19)20(26)13(5)31-22/h8-11,13,19H,7H2,1-6H3/t13-,19-/m0/s1. The zero-order chi connectivity index (χ0) is 22.9. The van der Waals surface area contributed by atoms with Gasteiger partial charge < -0.3 is 14.2 Å². The molecule has 1 aromatic carbocycles. The first-order valence-electron chi connectivity index (χ1n) is 10.1. The quantitative estimate of drug-likeness (QED) is 0.487. The van der Waals surface area contributed by atoms with Gasteiger partial charge in [-0.05, 0) is 52.3 Å². The summed E-state index contributed by atoms with van der Waals surface area (Å²) in [5.74, 6) is -0.526. The van der Waals surface area contributed by atoms with E-state index >= 15 is 0 Å². The Hall–Kier alpha value is -2.81. The van der Waals surface area contributed by atoms with E-state index in [1.807, 2.05) is 13.8 Å². The average molecular weight is 447 g/mol. The van der Waals surface area contributed by atoms with Crippen molar-refractivity contribution in [1.82, 2.24) is 4.90 Å². The first-order valence-corrected chi connectivity index (χ1v) is 11.0. The van der Waals surface area contributed by atoms with Gasteiger partial charge in [0.1, 0.15) is 0 Å². The second-order valence-electron chi connectivity index (χ2n) is 7.45.